The molecule has 0 unspecified atom stereocenters. The Morgan fingerprint density at radius 3 is 2.61 bits per heavy atom. The quantitative estimate of drug-likeness (QED) is 0.743. The van der Waals surface area contributed by atoms with E-state index in [4.69, 9.17) is 4.74 Å². The number of benzene rings is 1. The lowest BCUT2D eigenvalue weighted by atomic mass is 9.83. The maximum absolute atomic E-state index is 11.7. The lowest BCUT2D eigenvalue weighted by Gasteiger charge is -2.22. The van der Waals surface area contributed by atoms with E-state index >= 15 is 0 Å². The van der Waals surface area contributed by atoms with Crippen LogP contribution in [0.4, 0.5) is 0 Å². The molecule has 1 aromatic carbocycles. The van der Waals surface area contributed by atoms with Crippen LogP contribution in [-0.2, 0) is 16.0 Å². The Balaban J connectivity index is 2.56. The van der Waals surface area contributed by atoms with Gasteiger partial charge < -0.3 is 4.74 Å². The molecule has 1 aliphatic rings. The molecule has 2 heteroatoms. The van der Waals surface area contributed by atoms with Gasteiger partial charge in [0.1, 0.15) is 0 Å². The minimum absolute atomic E-state index is 0.197. The molecular weight excluding hydrogens is 224 g/mol. The normalized spacial score (nSPS) is 14.2. The van der Waals surface area contributed by atoms with Crippen molar-refractivity contribution in [1.82, 2.24) is 0 Å². The number of fused-ring (bicyclic) bond motifs is 1. The second-order valence-corrected chi connectivity index (χ2v) is 5.18. The van der Waals surface area contributed by atoms with Gasteiger partial charge in [-0.2, -0.15) is 0 Å². The third-order valence-electron chi connectivity index (χ3n) is 3.66. The maximum atomic E-state index is 11.7. The number of methoxy groups -OCH3 is 1. The number of esters is 1. The smallest absolute Gasteiger partial charge is 0.333 e. The van der Waals surface area contributed by atoms with Crippen LogP contribution in [0.5, 0.6) is 0 Å². The van der Waals surface area contributed by atoms with Crippen molar-refractivity contribution < 1.29 is 9.53 Å². The number of hydrogen-bond acceptors (Lipinski definition) is 2. The molecule has 2 nitrogen and oxygen atoms in total. The van der Waals surface area contributed by atoms with Crippen molar-refractivity contribution in [3.8, 4) is 0 Å². The fourth-order valence-corrected chi connectivity index (χ4v) is 2.60. The van der Waals surface area contributed by atoms with Gasteiger partial charge in [0.2, 0.25) is 0 Å². The molecule has 0 saturated heterocycles. The summed E-state index contributed by atoms with van der Waals surface area (Å²) in [5.74, 6) is 0.268. The molecule has 0 radical (unpaired) electrons. The summed E-state index contributed by atoms with van der Waals surface area (Å²) < 4.78 is 4.83. The minimum Gasteiger partial charge on any atom is -0.466 e. The highest BCUT2D eigenvalue weighted by molar-refractivity contribution is 5.95. The van der Waals surface area contributed by atoms with Crippen LogP contribution in [0.3, 0.4) is 0 Å². The van der Waals surface area contributed by atoms with Gasteiger partial charge in [-0.15, -0.1) is 0 Å². The van der Waals surface area contributed by atoms with Crippen LogP contribution in [0.25, 0.3) is 6.08 Å². The highest BCUT2D eigenvalue weighted by Crippen LogP contribution is 2.33. The molecule has 2 rings (SSSR count). The van der Waals surface area contributed by atoms with Crippen molar-refractivity contribution in [2.24, 2.45) is 0 Å². The third kappa shape index (κ3) is 2.20. The first kappa shape index (κ1) is 12.9. The van der Waals surface area contributed by atoms with Crippen LogP contribution >= 0.6 is 0 Å². The highest BCUT2D eigenvalue weighted by Gasteiger charge is 2.20. The molecule has 0 aliphatic heterocycles. The Morgan fingerprint density at radius 1 is 1.28 bits per heavy atom. The fraction of sp³-hybridized carbons (Fsp3) is 0.438. The van der Waals surface area contributed by atoms with Crippen molar-refractivity contribution in [1.29, 1.82) is 0 Å². The van der Waals surface area contributed by atoms with Crippen molar-refractivity contribution >= 4 is 12.0 Å². The van der Waals surface area contributed by atoms with E-state index in [0.717, 1.165) is 18.4 Å². The molecule has 0 N–H and O–H groups in total. The molecule has 0 amide bonds. The molecule has 0 heterocycles. The summed E-state index contributed by atoms with van der Waals surface area (Å²) in [7, 11) is 1.44. The van der Waals surface area contributed by atoms with Gasteiger partial charge in [-0.25, -0.2) is 4.79 Å². The number of carbonyl (C=O) groups excluding carboxylic acids is 1. The molecule has 1 aliphatic carbocycles. The van der Waals surface area contributed by atoms with Gasteiger partial charge in [0.15, 0.2) is 0 Å². The Labute approximate surface area is 109 Å². The number of ether oxygens (including phenoxy) is 1. The van der Waals surface area contributed by atoms with Gasteiger partial charge in [-0.05, 0) is 54.0 Å². The predicted molar refractivity (Wildman–Crippen MR) is 73.6 cm³/mol. The first-order valence-corrected chi connectivity index (χ1v) is 6.46. The summed E-state index contributed by atoms with van der Waals surface area (Å²) in [4.78, 5) is 11.7. The van der Waals surface area contributed by atoms with E-state index in [1.807, 2.05) is 6.08 Å². The summed E-state index contributed by atoms with van der Waals surface area (Å²) in [5, 5.41) is 0. The van der Waals surface area contributed by atoms with Gasteiger partial charge in [0.25, 0.3) is 0 Å². The molecule has 0 spiro atoms. The van der Waals surface area contributed by atoms with Gasteiger partial charge in [0, 0.05) is 5.57 Å². The van der Waals surface area contributed by atoms with Crippen LogP contribution in [0.2, 0.25) is 0 Å². The van der Waals surface area contributed by atoms with Crippen LogP contribution in [0, 0.1) is 6.92 Å². The summed E-state index contributed by atoms with van der Waals surface area (Å²) in [6, 6.07) is 4.36. The zero-order valence-corrected chi connectivity index (χ0v) is 11.5. The Morgan fingerprint density at radius 2 is 2.00 bits per heavy atom. The number of aryl methyl sites for hydroxylation is 1. The van der Waals surface area contributed by atoms with E-state index in [2.05, 4.69) is 32.9 Å². The largest absolute Gasteiger partial charge is 0.466 e. The van der Waals surface area contributed by atoms with Crippen molar-refractivity contribution in [3.63, 3.8) is 0 Å². The number of hydrogen-bond donors (Lipinski definition) is 0. The first-order valence-electron chi connectivity index (χ1n) is 6.46. The summed E-state index contributed by atoms with van der Waals surface area (Å²) in [6.07, 6.45) is 3.73. The predicted octanol–water partition coefficient (Wildman–Crippen LogP) is 3.62. The van der Waals surface area contributed by atoms with E-state index in [9.17, 15) is 4.79 Å². The van der Waals surface area contributed by atoms with E-state index < -0.39 is 0 Å². The van der Waals surface area contributed by atoms with E-state index in [0.29, 0.717) is 5.92 Å². The lowest BCUT2D eigenvalue weighted by molar-refractivity contribution is -0.136. The second kappa shape index (κ2) is 4.97. The van der Waals surface area contributed by atoms with E-state index in [1.54, 1.807) is 0 Å². The number of carbonyl (C=O) groups is 1. The van der Waals surface area contributed by atoms with E-state index in [-0.39, 0.29) is 5.97 Å². The second-order valence-electron chi connectivity index (χ2n) is 5.18. The standard InChI is InChI=1S/C16H20O2/c1-10(2)13-7-5-11(3)14-8-6-12(9-15(13)14)16(17)18-4/h5,7,9-10H,6,8H2,1-4H3. The van der Waals surface area contributed by atoms with Gasteiger partial charge in [-0.3, -0.25) is 0 Å². The highest BCUT2D eigenvalue weighted by atomic mass is 16.5. The monoisotopic (exact) mass is 244 g/mol. The number of rotatable bonds is 2. The summed E-state index contributed by atoms with van der Waals surface area (Å²) >= 11 is 0. The van der Waals surface area contributed by atoms with Gasteiger partial charge in [0.05, 0.1) is 7.11 Å². The SMILES string of the molecule is COC(=O)C1=Cc2c(C(C)C)ccc(C)c2CC1. The molecule has 0 atom stereocenters. The zero-order chi connectivity index (χ0) is 13.3. The topological polar surface area (TPSA) is 26.3 Å². The van der Waals surface area contributed by atoms with Crippen LogP contribution in [0.15, 0.2) is 17.7 Å². The average molecular weight is 244 g/mol. The molecule has 18 heavy (non-hydrogen) atoms. The van der Waals surface area contributed by atoms with Crippen molar-refractivity contribution in [2.45, 2.75) is 39.5 Å². The van der Waals surface area contributed by atoms with Gasteiger partial charge >= 0.3 is 5.97 Å². The molecule has 0 bridgehead atoms. The Bertz CT molecular complexity index is 510. The molecule has 0 aromatic heterocycles. The average Bonchev–Trinajstić information content (AvgIpc) is 2.37. The minimum atomic E-state index is -0.197. The zero-order valence-electron chi connectivity index (χ0n) is 11.5. The first-order chi connectivity index (χ1) is 8.54. The molecule has 0 fully saturated rings. The van der Waals surface area contributed by atoms with Crippen molar-refractivity contribution in [3.05, 3.63) is 40.0 Å². The summed E-state index contributed by atoms with van der Waals surface area (Å²) in [5.41, 5.74) is 6.04. The fourth-order valence-electron chi connectivity index (χ4n) is 2.60. The molecule has 1 aromatic rings. The third-order valence-corrected chi connectivity index (χ3v) is 3.66. The molecular formula is C16H20O2. The van der Waals surface area contributed by atoms with Crippen LogP contribution < -0.4 is 0 Å². The Hall–Kier alpha value is -1.57. The lowest BCUT2D eigenvalue weighted by Crippen LogP contribution is -2.12. The van der Waals surface area contributed by atoms with Crippen LogP contribution in [-0.4, -0.2) is 13.1 Å². The van der Waals surface area contributed by atoms with E-state index in [1.165, 1.54) is 29.4 Å². The maximum Gasteiger partial charge on any atom is 0.333 e. The summed E-state index contributed by atoms with van der Waals surface area (Å²) in [6.45, 7) is 6.51. The molecule has 96 valence electrons. The van der Waals surface area contributed by atoms with Crippen LogP contribution in [0.1, 0.15) is 48.4 Å². The van der Waals surface area contributed by atoms with Gasteiger partial charge in [-0.1, -0.05) is 26.0 Å². The molecule has 0 saturated carbocycles. The van der Waals surface area contributed by atoms with Crippen molar-refractivity contribution in [2.75, 3.05) is 7.11 Å². The Kier molecular flexibility index (Phi) is 3.55.